The van der Waals surface area contributed by atoms with E-state index in [-0.39, 0.29) is 11.9 Å². The van der Waals surface area contributed by atoms with Crippen molar-refractivity contribution in [3.63, 3.8) is 0 Å². The summed E-state index contributed by atoms with van der Waals surface area (Å²) in [6, 6.07) is 5.73. The van der Waals surface area contributed by atoms with Crippen LogP contribution in [0.25, 0.3) is 11.0 Å². The highest BCUT2D eigenvalue weighted by Gasteiger charge is 2.28. The number of aromatic nitrogens is 4. The Balaban J connectivity index is 1.79. The zero-order valence-corrected chi connectivity index (χ0v) is 13.7. The Morgan fingerprint density at radius 2 is 2.17 bits per heavy atom. The van der Waals surface area contributed by atoms with Crippen LogP contribution >= 0.6 is 0 Å². The van der Waals surface area contributed by atoms with Gasteiger partial charge in [0.05, 0.1) is 29.0 Å². The SMILES string of the molecule is CC(C)n1ncc2c(C(=O)Nc3cccnc3)cc(C3CC3)nc21. The molecule has 1 N–H and O–H groups in total. The summed E-state index contributed by atoms with van der Waals surface area (Å²) in [5.41, 5.74) is 3.07. The van der Waals surface area contributed by atoms with Crippen LogP contribution in [0.5, 0.6) is 0 Å². The molecule has 1 aliphatic rings. The molecule has 3 aromatic rings. The van der Waals surface area contributed by atoms with Crippen molar-refractivity contribution in [2.45, 2.75) is 38.6 Å². The molecule has 3 heterocycles. The summed E-state index contributed by atoms with van der Waals surface area (Å²) in [6.07, 6.45) is 7.32. The van der Waals surface area contributed by atoms with Crippen LogP contribution in [-0.2, 0) is 0 Å². The minimum Gasteiger partial charge on any atom is -0.321 e. The van der Waals surface area contributed by atoms with Crippen molar-refractivity contribution < 1.29 is 4.79 Å². The number of amides is 1. The highest BCUT2D eigenvalue weighted by molar-refractivity contribution is 6.12. The zero-order chi connectivity index (χ0) is 16.7. The number of nitrogens with one attached hydrogen (secondary N) is 1. The molecule has 4 rings (SSSR count). The first kappa shape index (κ1) is 14.8. The lowest BCUT2D eigenvalue weighted by atomic mass is 10.1. The van der Waals surface area contributed by atoms with Gasteiger partial charge in [-0.05, 0) is 44.9 Å². The smallest absolute Gasteiger partial charge is 0.256 e. The number of carbonyl (C=O) groups excluding carboxylic acids is 1. The van der Waals surface area contributed by atoms with Crippen LogP contribution in [0.1, 0.15) is 54.7 Å². The van der Waals surface area contributed by atoms with Gasteiger partial charge in [0.1, 0.15) is 0 Å². The van der Waals surface area contributed by atoms with Crippen molar-refractivity contribution >= 4 is 22.6 Å². The fourth-order valence-corrected chi connectivity index (χ4v) is 2.83. The predicted molar refractivity (Wildman–Crippen MR) is 92.1 cm³/mol. The topological polar surface area (TPSA) is 72.7 Å². The third-order valence-electron chi connectivity index (χ3n) is 4.24. The summed E-state index contributed by atoms with van der Waals surface area (Å²) in [6.45, 7) is 4.13. The van der Waals surface area contributed by atoms with Gasteiger partial charge in [-0.3, -0.25) is 9.78 Å². The van der Waals surface area contributed by atoms with Gasteiger partial charge in [0.15, 0.2) is 5.65 Å². The van der Waals surface area contributed by atoms with E-state index in [4.69, 9.17) is 4.98 Å². The molecule has 0 aromatic carbocycles. The molecule has 24 heavy (non-hydrogen) atoms. The van der Waals surface area contributed by atoms with Crippen LogP contribution in [0.15, 0.2) is 36.8 Å². The van der Waals surface area contributed by atoms with Crippen LogP contribution in [0.4, 0.5) is 5.69 Å². The van der Waals surface area contributed by atoms with E-state index in [0.29, 0.717) is 17.2 Å². The standard InChI is InChI=1S/C18H19N5O/c1-11(2)23-17-15(10-20-23)14(8-16(22-17)12-5-6-12)18(24)21-13-4-3-7-19-9-13/h3-4,7-12H,5-6H2,1-2H3,(H,21,24). The summed E-state index contributed by atoms with van der Waals surface area (Å²) in [4.78, 5) is 21.6. The molecule has 6 heteroatoms. The molecule has 1 aliphatic carbocycles. The highest BCUT2D eigenvalue weighted by Crippen LogP contribution is 2.40. The van der Waals surface area contributed by atoms with Crippen molar-refractivity contribution in [2.75, 3.05) is 5.32 Å². The molecule has 0 saturated heterocycles. The monoisotopic (exact) mass is 321 g/mol. The quantitative estimate of drug-likeness (QED) is 0.798. The molecule has 0 aliphatic heterocycles. The van der Waals surface area contributed by atoms with E-state index < -0.39 is 0 Å². The summed E-state index contributed by atoms with van der Waals surface area (Å²) in [5, 5.41) is 8.12. The number of carbonyl (C=O) groups is 1. The lowest BCUT2D eigenvalue weighted by molar-refractivity contribution is 0.102. The lowest BCUT2D eigenvalue weighted by Crippen LogP contribution is -2.14. The fraction of sp³-hybridized carbons (Fsp3) is 0.333. The van der Waals surface area contributed by atoms with Crippen molar-refractivity contribution in [1.82, 2.24) is 19.7 Å². The third-order valence-corrected chi connectivity index (χ3v) is 4.24. The first-order valence-corrected chi connectivity index (χ1v) is 8.23. The fourth-order valence-electron chi connectivity index (χ4n) is 2.83. The Morgan fingerprint density at radius 1 is 1.33 bits per heavy atom. The molecule has 1 amide bonds. The van der Waals surface area contributed by atoms with Gasteiger partial charge < -0.3 is 5.32 Å². The van der Waals surface area contributed by atoms with Gasteiger partial charge in [0, 0.05) is 23.9 Å². The third kappa shape index (κ3) is 2.64. The largest absolute Gasteiger partial charge is 0.321 e. The first-order valence-electron chi connectivity index (χ1n) is 8.23. The zero-order valence-electron chi connectivity index (χ0n) is 13.7. The molecule has 122 valence electrons. The predicted octanol–water partition coefficient (Wildman–Crippen LogP) is 3.54. The van der Waals surface area contributed by atoms with Gasteiger partial charge in [0.25, 0.3) is 5.91 Å². The second-order valence-electron chi connectivity index (χ2n) is 6.48. The molecular formula is C18H19N5O. The van der Waals surface area contributed by atoms with Gasteiger partial charge in [0.2, 0.25) is 0 Å². The van der Waals surface area contributed by atoms with E-state index >= 15 is 0 Å². The van der Waals surface area contributed by atoms with Gasteiger partial charge >= 0.3 is 0 Å². The molecule has 3 aromatic heterocycles. The van der Waals surface area contributed by atoms with Crippen molar-refractivity contribution in [1.29, 1.82) is 0 Å². The van der Waals surface area contributed by atoms with Crippen LogP contribution in [0.3, 0.4) is 0 Å². The molecule has 0 atom stereocenters. The number of fused-ring (bicyclic) bond motifs is 1. The van der Waals surface area contributed by atoms with Crippen molar-refractivity contribution in [3.05, 3.63) is 48.0 Å². The second kappa shape index (κ2) is 5.70. The Hall–Kier alpha value is -2.76. The minimum atomic E-state index is -0.152. The molecule has 0 spiro atoms. The molecule has 0 bridgehead atoms. The van der Waals surface area contributed by atoms with E-state index in [2.05, 4.69) is 29.2 Å². The molecule has 1 saturated carbocycles. The van der Waals surface area contributed by atoms with Gasteiger partial charge in [-0.1, -0.05) is 0 Å². The molecule has 1 fully saturated rings. The Kier molecular flexibility index (Phi) is 3.52. The molecular weight excluding hydrogens is 302 g/mol. The first-order chi connectivity index (χ1) is 11.6. The molecule has 6 nitrogen and oxygen atoms in total. The van der Waals surface area contributed by atoms with E-state index in [1.54, 1.807) is 24.7 Å². The number of anilines is 1. The van der Waals surface area contributed by atoms with E-state index in [1.807, 2.05) is 16.8 Å². The number of nitrogens with zero attached hydrogens (tertiary/aromatic N) is 4. The maximum absolute atomic E-state index is 12.8. The number of pyridine rings is 2. The molecule has 0 radical (unpaired) electrons. The average molecular weight is 321 g/mol. The summed E-state index contributed by atoms with van der Waals surface area (Å²) >= 11 is 0. The Bertz CT molecular complexity index is 896. The Labute approximate surface area is 139 Å². The summed E-state index contributed by atoms with van der Waals surface area (Å²) in [5.74, 6) is 0.315. The Morgan fingerprint density at radius 3 is 2.83 bits per heavy atom. The lowest BCUT2D eigenvalue weighted by Gasteiger charge is -2.10. The van der Waals surface area contributed by atoms with Crippen LogP contribution in [0.2, 0.25) is 0 Å². The average Bonchev–Trinajstić information content (AvgIpc) is 3.33. The highest BCUT2D eigenvalue weighted by atomic mass is 16.1. The van der Waals surface area contributed by atoms with Crippen LogP contribution in [0, 0.1) is 0 Å². The maximum Gasteiger partial charge on any atom is 0.256 e. The van der Waals surface area contributed by atoms with Gasteiger partial charge in [-0.15, -0.1) is 0 Å². The van der Waals surface area contributed by atoms with Crippen molar-refractivity contribution in [2.24, 2.45) is 0 Å². The second-order valence-corrected chi connectivity index (χ2v) is 6.48. The summed E-state index contributed by atoms with van der Waals surface area (Å²) < 4.78 is 1.88. The number of hydrogen-bond acceptors (Lipinski definition) is 4. The normalized spacial score (nSPS) is 14.3. The van der Waals surface area contributed by atoms with Crippen LogP contribution in [-0.4, -0.2) is 25.7 Å². The number of hydrogen-bond donors (Lipinski definition) is 1. The van der Waals surface area contributed by atoms with Crippen molar-refractivity contribution in [3.8, 4) is 0 Å². The van der Waals surface area contributed by atoms with E-state index in [0.717, 1.165) is 29.6 Å². The molecule has 0 unspecified atom stereocenters. The number of rotatable bonds is 4. The van der Waals surface area contributed by atoms with Crippen LogP contribution < -0.4 is 5.32 Å². The minimum absolute atomic E-state index is 0.152. The van der Waals surface area contributed by atoms with E-state index in [9.17, 15) is 4.79 Å². The van der Waals surface area contributed by atoms with Gasteiger partial charge in [-0.2, -0.15) is 5.10 Å². The van der Waals surface area contributed by atoms with Gasteiger partial charge in [-0.25, -0.2) is 9.67 Å². The summed E-state index contributed by atoms with van der Waals surface area (Å²) in [7, 11) is 0. The maximum atomic E-state index is 12.8. The van der Waals surface area contributed by atoms with E-state index in [1.165, 1.54) is 0 Å².